The summed E-state index contributed by atoms with van der Waals surface area (Å²) in [5.74, 6) is -0.592. The fourth-order valence-corrected chi connectivity index (χ4v) is 4.53. The van der Waals surface area contributed by atoms with Gasteiger partial charge in [0.2, 0.25) is 0 Å². The van der Waals surface area contributed by atoms with Crippen LogP contribution in [0.2, 0.25) is 0 Å². The Morgan fingerprint density at radius 2 is 1.87 bits per heavy atom. The number of nitrogens with zero attached hydrogens (tertiary/aromatic N) is 1. The number of aryl methyl sites for hydroxylation is 1. The van der Waals surface area contributed by atoms with Crippen LogP contribution >= 0.6 is 0 Å². The van der Waals surface area contributed by atoms with Crippen molar-refractivity contribution in [3.63, 3.8) is 0 Å². The molecule has 31 heavy (non-hydrogen) atoms. The van der Waals surface area contributed by atoms with Gasteiger partial charge in [-0.3, -0.25) is 9.69 Å². The summed E-state index contributed by atoms with van der Waals surface area (Å²) in [6.45, 7) is 5.88. The van der Waals surface area contributed by atoms with Crippen LogP contribution in [0.1, 0.15) is 37.3 Å². The van der Waals surface area contributed by atoms with Crippen LogP contribution in [-0.2, 0) is 16.9 Å². The van der Waals surface area contributed by atoms with Gasteiger partial charge < -0.3 is 20.6 Å². The Balaban J connectivity index is 1.59. The number of nitrogens with one attached hydrogen (secondary N) is 3. The Kier molecular flexibility index (Phi) is 6.25. The lowest BCUT2D eigenvalue weighted by Crippen LogP contribution is -3.10. The molecular weight excluding hydrogens is 392 g/mol. The van der Waals surface area contributed by atoms with Crippen molar-refractivity contribution in [1.29, 1.82) is 0 Å². The smallest absolute Gasteiger partial charge is 0.329 e. The molecular formula is C24H31N4O3+. The van der Waals surface area contributed by atoms with E-state index in [0.29, 0.717) is 23.5 Å². The molecule has 0 aliphatic carbocycles. The highest BCUT2D eigenvalue weighted by molar-refractivity contribution is 6.11. The number of urea groups is 1. The molecule has 164 valence electrons. The first-order chi connectivity index (χ1) is 15.0. The van der Waals surface area contributed by atoms with Crippen molar-refractivity contribution in [3.05, 3.63) is 59.7 Å². The van der Waals surface area contributed by atoms with E-state index in [1.165, 1.54) is 25.9 Å². The van der Waals surface area contributed by atoms with E-state index in [1.54, 1.807) is 41.3 Å². The number of carbonyl (C=O) groups excluding carboxylic acids is 2. The second-order valence-corrected chi connectivity index (χ2v) is 8.32. The molecule has 4 rings (SSSR count). The number of carbonyl (C=O) groups is 2. The van der Waals surface area contributed by atoms with E-state index in [1.807, 2.05) is 19.1 Å². The third-order valence-corrected chi connectivity index (χ3v) is 6.29. The molecule has 2 aromatic carbocycles. The summed E-state index contributed by atoms with van der Waals surface area (Å²) in [6.07, 6.45) is 4.22. The maximum Gasteiger partial charge on any atom is 0.329 e. The first-order valence-corrected chi connectivity index (χ1v) is 11.2. The molecule has 2 aliphatic rings. The summed E-state index contributed by atoms with van der Waals surface area (Å²) in [7, 11) is 0. The molecule has 2 aromatic rings. The molecule has 3 amide bonds. The highest BCUT2D eigenvalue weighted by Gasteiger charge is 2.51. The summed E-state index contributed by atoms with van der Waals surface area (Å²) in [5, 5.41) is 17.4. The van der Waals surface area contributed by atoms with Crippen LogP contribution in [0, 0.1) is 0 Å². The Bertz CT molecular complexity index is 940. The molecule has 2 heterocycles. The second kappa shape index (κ2) is 9.08. The van der Waals surface area contributed by atoms with E-state index in [2.05, 4.69) is 10.6 Å². The van der Waals surface area contributed by atoms with Gasteiger partial charge in [0.05, 0.1) is 25.3 Å². The third kappa shape index (κ3) is 4.16. The molecule has 0 aromatic heterocycles. The molecule has 7 heteroatoms. The maximum atomic E-state index is 13.3. The molecule has 0 spiro atoms. The van der Waals surface area contributed by atoms with E-state index < -0.39 is 17.7 Å². The highest BCUT2D eigenvalue weighted by Crippen LogP contribution is 2.39. The maximum absolute atomic E-state index is 13.3. The number of hydrogen-bond donors (Lipinski definition) is 4. The van der Waals surface area contributed by atoms with Crippen molar-refractivity contribution in [2.45, 2.75) is 38.3 Å². The third-order valence-electron chi connectivity index (χ3n) is 6.29. The average molecular weight is 424 g/mol. The second-order valence-electron chi connectivity index (χ2n) is 8.32. The van der Waals surface area contributed by atoms with Crippen molar-refractivity contribution in [1.82, 2.24) is 5.32 Å². The zero-order valence-corrected chi connectivity index (χ0v) is 18.0. The molecule has 0 radical (unpaired) electrons. The minimum Gasteiger partial charge on any atom is -0.359 e. The van der Waals surface area contributed by atoms with Crippen molar-refractivity contribution < 1.29 is 19.6 Å². The van der Waals surface area contributed by atoms with Crippen molar-refractivity contribution in [3.8, 4) is 0 Å². The summed E-state index contributed by atoms with van der Waals surface area (Å²) >= 11 is 0. The molecule has 2 aliphatic heterocycles. The molecule has 1 fully saturated rings. The fraction of sp³-hybridized carbons (Fsp3) is 0.417. The van der Waals surface area contributed by atoms with Gasteiger partial charge in [0.15, 0.2) is 0 Å². The number of para-hydroxylation sites is 1. The predicted octanol–water partition coefficient (Wildman–Crippen LogP) is 1.63. The van der Waals surface area contributed by atoms with Crippen LogP contribution in [0.25, 0.3) is 0 Å². The zero-order valence-electron chi connectivity index (χ0n) is 18.0. The molecule has 7 nitrogen and oxygen atoms in total. The van der Waals surface area contributed by atoms with Crippen LogP contribution in [0.15, 0.2) is 48.5 Å². The van der Waals surface area contributed by atoms with E-state index in [4.69, 9.17) is 0 Å². The molecule has 1 atom stereocenters. The van der Waals surface area contributed by atoms with E-state index in [-0.39, 0.29) is 0 Å². The number of amides is 3. The summed E-state index contributed by atoms with van der Waals surface area (Å²) < 4.78 is 0. The lowest BCUT2D eigenvalue weighted by atomic mass is 9.94. The molecule has 4 N–H and O–H groups in total. The molecule has 1 saturated heterocycles. The minimum absolute atomic E-state index is 0.358. The van der Waals surface area contributed by atoms with E-state index in [9.17, 15) is 14.7 Å². The van der Waals surface area contributed by atoms with Gasteiger partial charge in [-0.1, -0.05) is 37.3 Å². The SMILES string of the molecule is CCc1ccc(N2C(=O)Nc3ccccc3C2(O)C(=O)NCCC[NH+]2CCCC2)cc1. The quantitative estimate of drug-likeness (QED) is 0.511. The van der Waals surface area contributed by atoms with Crippen LogP contribution in [0.4, 0.5) is 16.2 Å². The number of aliphatic hydroxyl groups is 1. The topological polar surface area (TPSA) is 86.1 Å². The summed E-state index contributed by atoms with van der Waals surface area (Å²) in [5.41, 5.74) is 0.236. The number of rotatable bonds is 7. The Morgan fingerprint density at radius 3 is 2.58 bits per heavy atom. The van der Waals surface area contributed by atoms with Gasteiger partial charge in [-0.15, -0.1) is 0 Å². The largest absolute Gasteiger partial charge is 0.359 e. The van der Waals surface area contributed by atoms with Crippen molar-refractivity contribution in [2.24, 2.45) is 0 Å². The Hall–Kier alpha value is -2.90. The Labute approximate surface area is 183 Å². The fourth-order valence-electron chi connectivity index (χ4n) is 4.53. The standard InChI is InChI=1S/C24H30N4O3/c1-2-18-10-12-19(13-11-18)28-23(30)26-21-9-4-3-8-20(21)24(28,31)22(29)25-14-7-17-27-15-5-6-16-27/h3-4,8-13,31H,2,5-7,14-17H2,1H3,(H,25,29)(H,26,30)/p+1. The highest BCUT2D eigenvalue weighted by atomic mass is 16.3. The number of hydrogen-bond acceptors (Lipinski definition) is 3. The van der Waals surface area contributed by atoms with Crippen LogP contribution in [0.3, 0.4) is 0 Å². The Morgan fingerprint density at radius 1 is 1.16 bits per heavy atom. The van der Waals surface area contributed by atoms with Gasteiger partial charge in [-0.05, 0) is 30.2 Å². The first-order valence-electron chi connectivity index (χ1n) is 11.2. The van der Waals surface area contributed by atoms with Crippen LogP contribution < -0.4 is 20.4 Å². The minimum atomic E-state index is -2.13. The van der Waals surface area contributed by atoms with Gasteiger partial charge in [0.25, 0.3) is 11.6 Å². The lowest BCUT2D eigenvalue weighted by molar-refractivity contribution is -0.887. The van der Waals surface area contributed by atoms with Crippen LogP contribution in [-0.4, -0.2) is 43.2 Å². The van der Waals surface area contributed by atoms with Crippen molar-refractivity contribution in [2.75, 3.05) is 36.4 Å². The van der Waals surface area contributed by atoms with Gasteiger partial charge in [-0.25, -0.2) is 4.79 Å². The zero-order chi connectivity index (χ0) is 21.8. The van der Waals surface area contributed by atoms with Gasteiger partial charge in [-0.2, -0.15) is 0 Å². The predicted molar refractivity (Wildman–Crippen MR) is 120 cm³/mol. The average Bonchev–Trinajstić information content (AvgIpc) is 3.30. The van der Waals surface area contributed by atoms with E-state index in [0.717, 1.165) is 29.8 Å². The number of benzene rings is 2. The molecule has 0 saturated carbocycles. The number of quaternary nitrogens is 1. The number of fused-ring (bicyclic) bond motifs is 1. The molecule has 1 unspecified atom stereocenters. The number of anilines is 2. The summed E-state index contributed by atoms with van der Waals surface area (Å²) in [6, 6.07) is 13.7. The normalized spacial score (nSPS) is 21.0. The molecule has 0 bridgehead atoms. The van der Waals surface area contributed by atoms with Gasteiger partial charge >= 0.3 is 6.03 Å². The van der Waals surface area contributed by atoms with Crippen molar-refractivity contribution >= 4 is 23.3 Å². The lowest BCUT2D eigenvalue weighted by Gasteiger charge is -2.42. The first kappa shape index (κ1) is 21.3. The van der Waals surface area contributed by atoms with Crippen LogP contribution in [0.5, 0.6) is 0 Å². The van der Waals surface area contributed by atoms with E-state index >= 15 is 0 Å². The van der Waals surface area contributed by atoms with Gasteiger partial charge in [0, 0.05) is 37.1 Å². The summed E-state index contributed by atoms with van der Waals surface area (Å²) in [4.78, 5) is 29.1. The van der Waals surface area contributed by atoms with Gasteiger partial charge in [0.1, 0.15) is 0 Å². The number of likely N-dealkylation sites (tertiary alicyclic amines) is 1. The monoisotopic (exact) mass is 423 g/mol.